The summed E-state index contributed by atoms with van der Waals surface area (Å²) in [5, 5.41) is 10.7. The summed E-state index contributed by atoms with van der Waals surface area (Å²) in [5.74, 6) is 0.550. The van der Waals surface area contributed by atoms with E-state index in [-0.39, 0.29) is 10.7 Å². The first-order valence-corrected chi connectivity index (χ1v) is 6.65. The van der Waals surface area contributed by atoms with Gasteiger partial charge in [-0.2, -0.15) is 0 Å². The third-order valence-electron chi connectivity index (χ3n) is 2.84. The number of aryl methyl sites for hydroxylation is 1. The topological polar surface area (TPSA) is 52.4 Å². The van der Waals surface area contributed by atoms with Gasteiger partial charge in [-0.15, -0.1) is 0 Å². The quantitative estimate of drug-likeness (QED) is 0.454. The largest absolute Gasteiger partial charge is 0.494 e. The van der Waals surface area contributed by atoms with E-state index in [4.69, 9.17) is 16.3 Å². The summed E-state index contributed by atoms with van der Waals surface area (Å²) >= 11 is 5.81. The van der Waals surface area contributed by atoms with Crippen LogP contribution in [0.2, 0.25) is 5.02 Å². The molecule has 5 heteroatoms. The molecule has 0 aromatic heterocycles. The molecule has 0 saturated carbocycles. The first-order valence-electron chi connectivity index (χ1n) is 6.27. The average Bonchev–Trinajstić information content (AvgIpc) is 2.44. The molecule has 0 saturated heterocycles. The Morgan fingerprint density at radius 2 is 1.90 bits per heavy atom. The third-order valence-corrected chi connectivity index (χ3v) is 3.14. The molecule has 0 N–H and O–H groups in total. The molecule has 0 heterocycles. The lowest BCUT2D eigenvalue weighted by Crippen LogP contribution is -1.99. The van der Waals surface area contributed by atoms with Crippen LogP contribution in [0.3, 0.4) is 0 Å². The molecule has 4 nitrogen and oxygen atoms in total. The minimum absolute atomic E-state index is 0.0931. The molecule has 0 bridgehead atoms. The van der Waals surface area contributed by atoms with Gasteiger partial charge < -0.3 is 4.74 Å². The number of hydrogen-bond acceptors (Lipinski definition) is 3. The average molecular weight is 292 g/mol. The van der Waals surface area contributed by atoms with Gasteiger partial charge in [0.1, 0.15) is 10.8 Å². The van der Waals surface area contributed by atoms with Gasteiger partial charge in [0.15, 0.2) is 0 Å². The molecule has 2 aromatic rings. The van der Waals surface area contributed by atoms with Gasteiger partial charge >= 0.3 is 0 Å². The predicted molar refractivity (Wildman–Crippen MR) is 78.4 cm³/mol. The molecule has 0 fully saturated rings. The number of hydrogen-bond donors (Lipinski definition) is 0. The van der Waals surface area contributed by atoms with Crippen LogP contribution in [0.5, 0.6) is 5.75 Å². The highest BCUT2D eigenvalue weighted by molar-refractivity contribution is 6.32. The van der Waals surface area contributed by atoms with Crippen LogP contribution in [0, 0.1) is 10.1 Å². The first-order chi connectivity index (χ1) is 9.66. The van der Waals surface area contributed by atoms with E-state index in [0.29, 0.717) is 12.4 Å². The zero-order valence-electron chi connectivity index (χ0n) is 10.8. The van der Waals surface area contributed by atoms with Crippen molar-refractivity contribution in [2.24, 2.45) is 0 Å². The van der Waals surface area contributed by atoms with Gasteiger partial charge in [-0.3, -0.25) is 10.1 Å². The summed E-state index contributed by atoms with van der Waals surface area (Å²) in [6.45, 7) is 0.545. The summed E-state index contributed by atoms with van der Waals surface area (Å²) < 4.78 is 5.54. The van der Waals surface area contributed by atoms with Gasteiger partial charge in [0, 0.05) is 12.1 Å². The number of rotatable bonds is 6. The van der Waals surface area contributed by atoms with Crippen molar-refractivity contribution in [3.05, 3.63) is 69.2 Å². The maximum absolute atomic E-state index is 10.6. The van der Waals surface area contributed by atoms with Gasteiger partial charge in [-0.05, 0) is 24.5 Å². The zero-order valence-corrected chi connectivity index (χ0v) is 11.5. The maximum Gasteiger partial charge on any atom is 0.288 e. The number of nitrogens with zero attached hydrogens (tertiary/aromatic N) is 1. The zero-order chi connectivity index (χ0) is 14.4. The fourth-order valence-corrected chi connectivity index (χ4v) is 2.08. The van der Waals surface area contributed by atoms with Crippen LogP contribution in [0.4, 0.5) is 5.69 Å². The monoisotopic (exact) mass is 291 g/mol. The van der Waals surface area contributed by atoms with E-state index >= 15 is 0 Å². The second kappa shape index (κ2) is 6.91. The minimum atomic E-state index is -0.512. The van der Waals surface area contributed by atoms with Gasteiger partial charge in [0.05, 0.1) is 11.5 Å². The number of halogens is 1. The fraction of sp³-hybridized carbons (Fsp3) is 0.200. The van der Waals surface area contributed by atoms with E-state index in [1.165, 1.54) is 17.7 Å². The molecule has 0 spiro atoms. The van der Waals surface area contributed by atoms with E-state index in [0.717, 1.165) is 12.8 Å². The lowest BCUT2D eigenvalue weighted by molar-refractivity contribution is -0.384. The van der Waals surface area contributed by atoms with Crippen LogP contribution in [0.1, 0.15) is 12.0 Å². The molecule has 0 aliphatic heterocycles. The number of nitro benzene ring substituents is 1. The van der Waals surface area contributed by atoms with Crippen molar-refractivity contribution in [2.45, 2.75) is 12.8 Å². The van der Waals surface area contributed by atoms with Crippen molar-refractivity contribution in [2.75, 3.05) is 6.61 Å². The molecular formula is C15H14ClNO3. The Labute approximate surface area is 122 Å². The molecule has 104 valence electrons. The number of ether oxygens (including phenoxy) is 1. The van der Waals surface area contributed by atoms with Crippen molar-refractivity contribution in [1.29, 1.82) is 0 Å². The number of nitro groups is 1. The SMILES string of the molecule is O=[N+]([O-])c1ccc(OCCCc2ccccc2)cc1Cl. The van der Waals surface area contributed by atoms with Crippen LogP contribution in [-0.4, -0.2) is 11.5 Å². The lowest BCUT2D eigenvalue weighted by Gasteiger charge is -2.06. The van der Waals surface area contributed by atoms with Crippen LogP contribution >= 0.6 is 11.6 Å². The summed E-state index contributed by atoms with van der Waals surface area (Å²) in [4.78, 5) is 10.1. The Morgan fingerprint density at radius 3 is 2.55 bits per heavy atom. The molecule has 2 aromatic carbocycles. The standard InChI is InChI=1S/C15H14ClNO3/c16-14-11-13(8-9-15(14)17(18)19)20-10-4-7-12-5-2-1-3-6-12/h1-3,5-6,8-9,11H,4,7,10H2. The Kier molecular flexibility index (Phi) is 4.96. The minimum Gasteiger partial charge on any atom is -0.494 e. The third kappa shape index (κ3) is 3.96. The van der Waals surface area contributed by atoms with E-state index in [1.807, 2.05) is 18.2 Å². The summed E-state index contributed by atoms with van der Waals surface area (Å²) in [5.41, 5.74) is 1.15. The molecule has 20 heavy (non-hydrogen) atoms. The van der Waals surface area contributed by atoms with E-state index < -0.39 is 4.92 Å². The van der Waals surface area contributed by atoms with E-state index in [1.54, 1.807) is 6.07 Å². The Bertz CT molecular complexity index is 587. The molecule has 0 amide bonds. The van der Waals surface area contributed by atoms with E-state index in [9.17, 15) is 10.1 Å². The highest BCUT2D eigenvalue weighted by atomic mass is 35.5. The van der Waals surface area contributed by atoms with Crippen molar-refractivity contribution < 1.29 is 9.66 Å². The Morgan fingerprint density at radius 1 is 1.15 bits per heavy atom. The molecule has 0 aliphatic carbocycles. The van der Waals surface area contributed by atoms with Crippen molar-refractivity contribution in [3.63, 3.8) is 0 Å². The summed E-state index contributed by atoms with van der Waals surface area (Å²) in [7, 11) is 0. The first kappa shape index (κ1) is 14.3. The van der Waals surface area contributed by atoms with Crippen LogP contribution < -0.4 is 4.74 Å². The molecule has 2 rings (SSSR count). The molecule has 0 radical (unpaired) electrons. The molecular weight excluding hydrogens is 278 g/mol. The molecule has 0 aliphatic rings. The lowest BCUT2D eigenvalue weighted by atomic mass is 10.1. The molecule has 0 unspecified atom stereocenters. The molecule has 0 atom stereocenters. The van der Waals surface area contributed by atoms with Crippen LogP contribution in [0.15, 0.2) is 48.5 Å². The van der Waals surface area contributed by atoms with Crippen molar-refractivity contribution in [1.82, 2.24) is 0 Å². The predicted octanol–water partition coefficient (Wildman–Crippen LogP) is 4.26. The Hall–Kier alpha value is -2.07. The van der Waals surface area contributed by atoms with E-state index in [2.05, 4.69) is 12.1 Å². The van der Waals surface area contributed by atoms with Crippen LogP contribution in [0.25, 0.3) is 0 Å². The van der Waals surface area contributed by atoms with Gasteiger partial charge in [-0.1, -0.05) is 41.9 Å². The normalized spacial score (nSPS) is 10.2. The van der Waals surface area contributed by atoms with Crippen LogP contribution in [-0.2, 0) is 6.42 Å². The maximum atomic E-state index is 10.6. The highest BCUT2D eigenvalue weighted by Crippen LogP contribution is 2.28. The summed E-state index contributed by atoms with van der Waals surface area (Å²) in [6.07, 6.45) is 1.81. The van der Waals surface area contributed by atoms with Gasteiger partial charge in [-0.25, -0.2) is 0 Å². The summed E-state index contributed by atoms with van der Waals surface area (Å²) in [6, 6.07) is 14.5. The Balaban J connectivity index is 1.83. The van der Waals surface area contributed by atoms with Crippen molar-refractivity contribution in [3.8, 4) is 5.75 Å². The van der Waals surface area contributed by atoms with Crippen molar-refractivity contribution >= 4 is 17.3 Å². The number of benzene rings is 2. The second-order valence-corrected chi connectivity index (χ2v) is 4.72. The van der Waals surface area contributed by atoms with Gasteiger partial charge in [0.2, 0.25) is 0 Å². The van der Waals surface area contributed by atoms with Gasteiger partial charge in [0.25, 0.3) is 5.69 Å². The second-order valence-electron chi connectivity index (χ2n) is 4.31. The highest BCUT2D eigenvalue weighted by Gasteiger charge is 2.12. The fourth-order valence-electron chi connectivity index (χ4n) is 1.84. The smallest absolute Gasteiger partial charge is 0.288 e.